The lowest BCUT2D eigenvalue weighted by molar-refractivity contribution is -0.118. The van der Waals surface area contributed by atoms with E-state index in [1.807, 2.05) is 18.2 Å². The Bertz CT molecular complexity index is 246. The summed E-state index contributed by atoms with van der Waals surface area (Å²) in [7, 11) is 0. The lowest BCUT2D eigenvalue weighted by Crippen LogP contribution is -2.21. The minimum absolute atomic E-state index is 0.0218. The Balaban J connectivity index is 2.25. The largest absolute Gasteiger partial charge is 0.497 e. The van der Waals surface area contributed by atoms with E-state index in [2.05, 4.69) is 0 Å². The quantitative estimate of drug-likeness (QED) is 0.644. The summed E-state index contributed by atoms with van der Waals surface area (Å²) in [4.78, 5) is 10.4. The Morgan fingerprint density at radius 2 is 2.46 bits per heavy atom. The predicted molar refractivity (Wildman–Crippen MR) is 49.6 cm³/mol. The normalized spacial score (nSPS) is 21.0. The van der Waals surface area contributed by atoms with Crippen molar-refractivity contribution in [2.24, 2.45) is 11.5 Å². The van der Waals surface area contributed by atoms with Crippen LogP contribution in [0.5, 0.6) is 0 Å². The molecule has 1 aliphatic rings. The van der Waals surface area contributed by atoms with Crippen molar-refractivity contribution < 1.29 is 9.53 Å². The van der Waals surface area contributed by atoms with Gasteiger partial charge in [-0.2, -0.15) is 0 Å². The molecule has 1 aliphatic carbocycles. The second kappa shape index (κ2) is 4.67. The third-order valence-electron chi connectivity index (χ3n) is 1.71. The van der Waals surface area contributed by atoms with Crippen LogP contribution in [0, 0.1) is 0 Å². The first-order valence-electron chi connectivity index (χ1n) is 4.22. The lowest BCUT2D eigenvalue weighted by atomic mass is 10.1. The zero-order valence-corrected chi connectivity index (χ0v) is 7.40. The van der Waals surface area contributed by atoms with Gasteiger partial charge in [-0.1, -0.05) is 12.2 Å². The van der Waals surface area contributed by atoms with Gasteiger partial charge in [0.15, 0.2) is 0 Å². The van der Waals surface area contributed by atoms with E-state index >= 15 is 0 Å². The molecule has 0 heterocycles. The van der Waals surface area contributed by atoms with Crippen LogP contribution in [-0.4, -0.2) is 18.6 Å². The van der Waals surface area contributed by atoms with Crippen LogP contribution in [0.25, 0.3) is 0 Å². The molecule has 0 aromatic rings. The number of hydrogen-bond acceptors (Lipinski definition) is 3. The van der Waals surface area contributed by atoms with Crippen molar-refractivity contribution in [3.63, 3.8) is 0 Å². The fourth-order valence-corrected chi connectivity index (χ4v) is 1.06. The summed E-state index contributed by atoms with van der Waals surface area (Å²) in [6, 6.07) is 0.0218. The molecule has 0 spiro atoms. The molecule has 0 bridgehead atoms. The summed E-state index contributed by atoms with van der Waals surface area (Å²) in [5, 5.41) is 0. The SMILES string of the molecule is NC(=O)CCOC1=CC=CC(N)C1. The van der Waals surface area contributed by atoms with Crippen molar-refractivity contribution in [3.8, 4) is 0 Å². The summed E-state index contributed by atoms with van der Waals surface area (Å²) in [6.07, 6.45) is 6.55. The van der Waals surface area contributed by atoms with Crippen LogP contribution in [0.1, 0.15) is 12.8 Å². The number of rotatable bonds is 4. The molecule has 4 nitrogen and oxygen atoms in total. The van der Waals surface area contributed by atoms with Gasteiger partial charge in [-0.05, 0) is 6.08 Å². The Kier molecular flexibility index (Phi) is 3.52. The van der Waals surface area contributed by atoms with Gasteiger partial charge in [0.25, 0.3) is 0 Å². The number of ether oxygens (including phenoxy) is 1. The summed E-state index contributed by atoms with van der Waals surface area (Å²) in [6.45, 7) is 0.335. The summed E-state index contributed by atoms with van der Waals surface area (Å²) in [5.74, 6) is 0.465. The summed E-state index contributed by atoms with van der Waals surface area (Å²) >= 11 is 0. The van der Waals surface area contributed by atoms with Crippen molar-refractivity contribution in [1.29, 1.82) is 0 Å². The van der Waals surface area contributed by atoms with E-state index in [1.165, 1.54) is 0 Å². The molecule has 0 saturated heterocycles. The van der Waals surface area contributed by atoms with Crippen molar-refractivity contribution >= 4 is 5.91 Å². The fraction of sp³-hybridized carbons (Fsp3) is 0.444. The van der Waals surface area contributed by atoms with Crippen molar-refractivity contribution in [1.82, 2.24) is 0 Å². The van der Waals surface area contributed by atoms with Crippen LogP contribution in [-0.2, 0) is 9.53 Å². The number of amides is 1. The lowest BCUT2D eigenvalue weighted by Gasteiger charge is -2.15. The molecule has 1 rings (SSSR count). The van der Waals surface area contributed by atoms with E-state index in [4.69, 9.17) is 16.2 Å². The average Bonchev–Trinajstić information content (AvgIpc) is 2.03. The van der Waals surface area contributed by atoms with Crippen molar-refractivity contribution in [2.75, 3.05) is 6.61 Å². The Labute approximate surface area is 77.2 Å². The number of nitrogens with two attached hydrogens (primary N) is 2. The molecule has 1 unspecified atom stereocenters. The van der Waals surface area contributed by atoms with Crippen LogP contribution in [0.15, 0.2) is 24.0 Å². The van der Waals surface area contributed by atoms with E-state index < -0.39 is 0 Å². The molecular formula is C9H14N2O2. The number of primary amides is 1. The van der Waals surface area contributed by atoms with E-state index in [0.717, 1.165) is 5.76 Å². The van der Waals surface area contributed by atoms with Crippen molar-refractivity contribution in [3.05, 3.63) is 24.0 Å². The van der Waals surface area contributed by atoms with Gasteiger partial charge < -0.3 is 16.2 Å². The average molecular weight is 182 g/mol. The molecule has 72 valence electrons. The molecule has 1 amide bonds. The molecule has 1 atom stereocenters. The highest BCUT2D eigenvalue weighted by atomic mass is 16.5. The smallest absolute Gasteiger partial charge is 0.220 e. The molecular weight excluding hydrogens is 168 g/mol. The maximum Gasteiger partial charge on any atom is 0.220 e. The first-order chi connectivity index (χ1) is 6.18. The zero-order valence-electron chi connectivity index (χ0n) is 7.40. The standard InChI is InChI=1S/C9H14N2O2/c10-7-2-1-3-8(6-7)13-5-4-9(11)12/h1-3,7H,4-6,10H2,(H2,11,12). The molecule has 0 saturated carbocycles. The van der Waals surface area contributed by atoms with E-state index in [-0.39, 0.29) is 18.4 Å². The second-order valence-corrected chi connectivity index (χ2v) is 2.95. The van der Waals surface area contributed by atoms with Crippen LogP contribution in [0.4, 0.5) is 0 Å². The van der Waals surface area contributed by atoms with Gasteiger partial charge in [-0.25, -0.2) is 0 Å². The minimum atomic E-state index is -0.351. The molecule has 13 heavy (non-hydrogen) atoms. The molecule has 4 heteroatoms. The third-order valence-corrected chi connectivity index (χ3v) is 1.71. The Morgan fingerprint density at radius 1 is 1.69 bits per heavy atom. The predicted octanol–water partition coefficient (Wildman–Crippen LogP) is 0.0495. The van der Waals surface area contributed by atoms with E-state index in [0.29, 0.717) is 13.0 Å². The maximum absolute atomic E-state index is 10.4. The minimum Gasteiger partial charge on any atom is -0.497 e. The van der Waals surface area contributed by atoms with Gasteiger partial charge in [-0.3, -0.25) is 4.79 Å². The van der Waals surface area contributed by atoms with Crippen LogP contribution in [0.2, 0.25) is 0 Å². The van der Waals surface area contributed by atoms with Crippen LogP contribution < -0.4 is 11.5 Å². The monoisotopic (exact) mass is 182 g/mol. The Morgan fingerprint density at radius 3 is 3.08 bits per heavy atom. The van der Waals surface area contributed by atoms with Gasteiger partial charge in [0.1, 0.15) is 0 Å². The fourth-order valence-electron chi connectivity index (χ4n) is 1.06. The summed E-state index contributed by atoms with van der Waals surface area (Å²) in [5.41, 5.74) is 10.6. The first-order valence-corrected chi connectivity index (χ1v) is 4.22. The topological polar surface area (TPSA) is 78.3 Å². The van der Waals surface area contributed by atoms with E-state index in [1.54, 1.807) is 0 Å². The number of allylic oxidation sites excluding steroid dienone is 2. The van der Waals surface area contributed by atoms with Gasteiger partial charge in [-0.15, -0.1) is 0 Å². The zero-order chi connectivity index (χ0) is 9.68. The molecule has 0 aromatic carbocycles. The highest BCUT2D eigenvalue weighted by Crippen LogP contribution is 2.12. The Hall–Kier alpha value is -1.29. The van der Waals surface area contributed by atoms with E-state index in [9.17, 15) is 4.79 Å². The van der Waals surface area contributed by atoms with Crippen LogP contribution in [0.3, 0.4) is 0 Å². The number of carbonyl (C=O) groups is 1. The molecule has 0 aliphatic heterocycles. The molecule has 0 aromatic heterocycles. The second-order valence-electron chi connectivity index (χ2n) is 2.95. The highest BCUT2D eigenvalue weighted by Gasteiger charge is 2.07. The summed E-state index contributed by atoms with van der Waals surface area (Å²) < 4.78 is 5.29. The first kappa shape index (κ1) is 9.80. The van der Waals surface area contributed by atoms with Gasteiger partial charge in [0, 0.05) is 12.5 Å². The third kappa shape index (κ3) is 3.75. The molecule has 0 radical (unpaired) electrons. The van der Waals surface area contributed by atoms with Crippen LogP contribution >= 0.6 is 0 Å². The highest BCUT2D eigenvalue weighted by molar-refractivity contribution is 5.73. The van der Waals surface area contributed by atoms with Gasteiger partial charge in [0.05, 0.1) is 18.8 Å². The maximum atomic E-state index is 10.4. The molecule has 0 fully saturated rings. The van der Waals surface area contributed by atoms with Gasteiger partial charge >= 0.3 is 0 Å². The molecule has 4 N–H and O–H groups in total. The van der Waals surface area contributed by atoms with Crippen molar-refractivity contribution in [2.45, 2.75) is 18.9 Å². The number of carbonyl (C=O) groups excluding carboxylic acids is 1. The van der Waals surface area contributed by atoms with Gasteiger partial charge in [0.2, 0.25) is 5.91 Å². The number of hydrogen-bond donors (Lipinski definition) is 2.